The largest absolute Gasteiger partial charge is 0.306 e. The Bertz CT molecular complexity index is 1100. The molecule has 0 fully saturated rings. The number of amides is 1. The maximum atomic E-state index is 12.9. The molecule has 2 aromatic carbocycles. The van der Waals surface area contributed by atoms with Crippen molar-refractivity contribution in [2.24, 2.45) is 0 Å². The second kappa shape index (κ2) is 7.57. The molecule has 1 amide bonds. The quantitative estimate of drug-likeness (QED) is 0.410. The molecular formula is C18H12BrClN4O3S. The molecule has 0 spiro atoms. The molecule has 0 saturated heterocycles. The van der Waals surface area contributed by atoms with Crippen molar-refractivity contribution in [3.63, 3.8) is 0 Å². The van der Waals surface area contributed by atoms with E-state index in [1.54, 1.807) is 46.8 Å². The van der Waals surface area contributed by atoms with Crippen LogP contribution in [0.15, 0.2) is 46.9 Å². The number of benzene rings is 2. The van der Waals surface area contributed by atoms with Gasteiger partial charge in [-0.1, -0.05) is 27.5 Å². The van der Waals surface area contributed by atoms with Gasteiger partial charge in [-0.25, -0.2) is 4.68 Å². The van der Waals surface area contributed by atoms with Crippen LogP contribution in [-0.4, -0.2) is 20.6 Å². The molecule has 0 radical (unpaired) electrons. The minimum atomic E-state index is -0.457. The fraction of sp³-hybridized carbons (Fsp3) is 0.111. The summed E-state index contributed by atoms with van der Waals surface area (Å²) in [4.78, 5) is 23.3. The maximum Gasteiger partial charge on any atom is 0.269 e. The predicted octanol–water partition coefficient (Wildman–Crippen LogP) is 5.20. The first kappa shape index (κ1) is 19.0. The van der Waals surface area contributed by atoms with Crippen LogP contribution >= 0.6 is 39.3 Å². The number of non-ortho nitro benzene ring substituents is 1. The number of halogens is 2. The van der Waals surface area contributed by atoms with Crippen LogP contribution in [0.4, 0.5) is 11.5 Å². The molecule has 7 nitrogen and oxygen atoms in total. The number of nitrogens with zero attached hydrogens (tertiary/aromatic N) is 3. The van der Waals surface area contributed by atoms with Crippen LogP contribution in [-0.2, 0) is 11.5 Å². The zero-order chi connectivity index (χ0) is 19.8. The smallest absolute Gasteiger partial charge is 0.269 e. The van der Waals surface area contributed by atoms with Crippen molar-refractivity contribution >= 4 is 56.7 Å². The van der Waals surface area contributed by atoms with Crippen molar-refractivity contribution in [3.8, 4) is 5.69 Å². The van der Waals surface area contributed by atoms with Crippen molar-refractivity contribution in [2.75, 3.05) is 5.32 Å². The van der Waals surface area contributed by atoms with Crippen LogP contribution in [0.3, 0.4) is 0 Å². The van der Waals surface area contributed by atoms with Crippen LogP contribution in [0.5, 0.6) is 0 Å². The average molecular weight is 480 g/mol. The molecule has 142 valence electrons. The molecule has 0 saturated carbocycles. The molecule has 0 aliphatic carbocycles. The Morgan fingerprint density at radius 2 is 2.00 bits per heavy atom. The second-order valence-electron chi connectivity index (χ2n) is 6.03. The van der Waals surface area contributed by atoms with Crippen LogP contribution in [0.25, 0.3) is 5.69 Å². The second-order valence-corrected chi connectivity index (χ2v) is 8.34. The SMILES string of the molecule is O=C(Nc1c2c(nn1-c1ccc([N+](=O)[O-])cc1)CSC2)c1cc(Br)ccc1Cl. The average Bonchev–Trinajstić information content (AvgIpc) is 3.26. The van der Waals surface area contributed by atoms with Gasteiger partial charge in [0.1, 0.15) is 5.82 Å². The Morgan fingerprint density at radius 3 is 2.71 bits per heavy atom. The van der Waals surface area contributed by atoms with E-state index in [4.69, 9.17) is 11.6 Å². The maximum absolute atomic E-state index is 12.9. The number of nitrogens with one attached hydrogen (secondary N) is 1. The van der Waals surface area contributed by atoms with Gasteiger partial charge in [-0.15, -0.1) is 0 Å². The summed E-state index contributed by atoms with van der Waals surface area (Å²) in [6.07, 6.45) is 0. The summed E-state index contributed by atoms with van der Waals surface area (Å²) in [7, 11) is 0. The summed E-state index contributed by atoms with van der Waals surface area (Å²) in [5.41, 5.74) is 2.79. The fourth-order valence-electron chi connectivity index (χ4n) is 2.89. The third kappa shape index (κ3) is 3.52. The number of anilines is 1. The van der Waals surface area contributed by atoms with Gasteiger partial charge in [0.05, 0.1) is 26.9 Å². The number of carbonyl (C=O) groups excluding carboxylic acids is 1. The van der Waals surface area contributed by atoms with E-state index in [1.807, 2.05) is 0 Å². The summed E-state index contributed by atoms with van der Waals surface area (Å²) in [6, 6.07) is 11.1. The molecule has 2 heterocycles. The number of hydrogen-bond acceptors (Lipinski definition) is 5. The van der Waals surface area contributed by atoms with Crippen LogP contribution in [0.2, 0.25) is 5.02 Å². The predicted molar refractivity (Wildman–Crippen MR) is 112 cm³/mol. The Kier molecular flexibility index (Phi) is 5.13. The van der Waals surface area contributed by atoms with E-state index in [9.17, 15) is 14.9 Å². The molecule has 0 unspecified atom stereocenters. The molecule has 28 heavy (non-hydrogen) atoms. The van der Waals surface area contributed by atoms with Crippen LogP contribution < -0.4 is 5.32 Å². The zero-order valence-corrected chi connectivity index (χ0v) is 17.3. The summed E-state index contributed by atoms with van der Waals surface area (Å²) in [5.74, 6) is 1.67. The van der Waals surface area contributed by atoms with E-state index in [0.717, 1.165) is 27.2 Å². The summed E-state index contributed by atoms with van der Waals surface area (Å²) in [5, 5.41) is 18.8. The zero-order valence-electron chi connectivity index (χ0n) is 14.2. The molecule has 0 atom stereocenters. The lowest BCUT2D eigenvalue weighted by Gasteiger charge is -2.12. The Morgan fingerprint density at radius 1 is 1.25 bits per heavy atom. The Labute approximate surface area is 177 Å². The van der Waals surface area contributed by atoms with E-state index in [2.05, 4.69) is 26.3 Å². The number of hydrogen-bond donors (Lipinski definition) is 1. The van der Waals surface area contributed by atoms with E-state index < -0.39 is 4.92 Å². The minimum absolute atomic E-state index is 0.00879. The number of aromatic nitrogens is 2. The highest BCUT2D eigenvalue weighted by Crippen LogP contribution is 2.36. The lowest BCUT2D eigenvalue weighted by Crippen LogP contribution is -2.16. The number of fused-ring (bicyclic) bond motifs is 1. The molecule has 10 heteroatoms. The highest BCUT2D eigenvalue weighted by Gasteiger charge is 2.25. The van der Waals surface area contributed by atoms with Gasteiger partial charge in [0, 0.05) is 33.7 Å². The minimum Gasteiger partial charge on any atom is -0.306 e. The van der Waals surface area contributed by atoms with Crippen molar-refractivity contribution in [2.45, 2.75) is 11.5 Å². The molecule has 1 aliphatic rings. The first-order chi connectivity index (χ1) is 13.4. The van der Waals surface area contributed by atoms with E-state index in [-0.39, 0.29) is 11.6 Å². The number of thioether (sulfide) groups is 1. The van der Waals surface area contributed by atoms with Gasteiger partial charge in [0.25, 0.3) is 11.6 Å². The number of carbonyl (C=O) groups is 1. The molecule has 1 aromatic heterocycles. The summed E-state index contributed by atoms with van der Waals surface area (Å²) >= 11 is 11.2. The molecule has 4 rings (SSSR count). The Hall–Kier alpha value is -2.36. The molecule has 3 aromatic rings. The normalized spacial score (nSPS) is 12.6. The van der Waals surface area contributed by atoms with Gasteiger partial charge < -0.3 is 5.32 Å². The van der Waals surface area contributed by atoms with Crippen molar-refractivity contribution in [1.29, 1.82) is 0 Å². The highest BCUT2D eigenvalue weighted by molar-refractivity contribution is 9.10. The van der Waals surface area contributed by atoms with Gasteiger partial charge in [0.15, 0.2) is 0 Å². The lowest BCUT2D eigenvalue weighted by molar-refractivity contribution is -0.384. The number of nitro benzene ring substituents is 1. The van der Waals surface area contributed by atoms with Crippen molar-refractivity contribution in [1.82, 2.24) is 9.78 Å². The first-order valence-electron chi connectivity index (χ1n) is 8.14. The van der Waals surface area contributed by atoms with Gasteiger partial charge in [-0.3, -0.25) is 14.9 Å². The summed E-state index contributed by atoms with van der Waals surface area (Å²) in [6.45, 7) is 0. The standard InChI is InChI=1S/C18H12BrClN4O3S/c19-10-1-6-15(20)13(7-10)18(25)21-17-14-8-28-9-16(14)22-23(17)11-2-4-12(5-3-11)24(26)27/h1-7H,8-9H2,(H,21,25). The van der Waals surface area contributed by atoms with Crippen molar-refractivity contribution < 1.29 is 9.72 Å². The molecule has 1 aliphatic heterocycles. The lowest BCUT2D eigenvalue weighted by atomic mass is 10.2. The van der Waals surface area contributed by atoms with E-state index >= 15 is 0 Å². The monoisotopic (exact) mass is 478 g/mol. The van der Waals surface area contributed by atoms with E-state index in [1.165, 1.54) is 12.1 Å². The third-order valence-electron chi connectivity index (χ3n) is 4.26. The highest BCUT2D eigenvalue weighted by atomic mass is 79.9. The van der Waals surface area contributed by atoms with Crippen molar-refractivity contribution in [3.05, 3.63) is 78.9 Å². The van der Waals surface area contributed by atoms with Gasteiger partial charge >= 0.3 is 0 Å². The first-order valence-corrected chi connectivity index (χ1v) is 10.5. The van der Waals surface area contributed by atoms with E-state index in [0.29, 0.717) is 22.1 Å². The summed E-state index contributed by atoms with van der Waals surface area (Å²) < 4.78 is 2.35. The van der Waals surface area contributed by atoms with Gasteiger partial charge in [-0.05, 0) is 30.3 Å². The number of rotatable bonds is 4. The number of nitro groups is 1. The fourth-order valence-corrected chi connectivity index (χ4v) is 4.49. The van der Waals surface area contributed by atoms with Crippen LogP contribution in [0, 0.1) is 10.1 Å². The van der Waals surface area contributed by atoms with Crippen LogP contribution in [0.1, 0.15) is 21.6 Å². The molecule has 0 bridgehead atoms. The third-order valence-corrected chi connectivity index (χ3v) is 6.06. The van der Waals surface area contributed by atoms with Gasteiger partial charge in [-0.2, -0.15) is 16.9 Å². The molecular weight excluding hydrogens is 468 g/mol. The Balaban J connectivity index is 1.73. The molecule has 1 N–H and O–H groups in total. The topological polar surface area (TPSA) is 90.1 Å². The van der Waals surface area contributed by atoms with Gasteiger partial charge in [0.2, 0.25) is 0 Å².